The molecule has 0 saturated carbocycles. The number of carbonyl (C=O) groups is 1. The highest BCUT2D eigenvalue weighted by molar-refractivity contribution is 7.11. The van der Waals surface area contributed by atoms with Crippen LogP contribution in [0.3, 0.4) is 0 Å². The number of nitrogens with zero attached hydrogens (tertiary/aromatic N) is 1. The molecule has 1 aromatic heterocycles. The standard InChI is InChI=1S/C16H27N3O2S/c1-10-13(22-11(2)19-10)9-18-15(20)17-8-12-6-7-21-14(12)16(3,4)5/h12,14H,6-9H2,1-5H3,(H2,17,18,20)/t12-,14-/m1/s1. The van der Waals surface area contributed by atoms with Gasteiger partial charge in [-0.05, 0) is 25.7 Å². The summed E-state index contributed by atoms with van der Waals surface area (Å²) in [4.78, 5) is 17.4. The van der Waals surface area contributed by atoms with E-state index in [9.17, 15) is 4.79 Å². The highest BCUT2D eigenvalue weighted by atomic mass is 32.1. The van der Waals surface area contributed by atoms with Crippen molar-refractivity contribution in [2.75, 3.05) is 13.2 Å². The van der Waals surface area contributed by atoms with Gasteiger partial charge in [0.25, 0.3) is 0 Å². The number of hydrogen-bond acceptors (Lipinski definition) is 4. The summed E-state index contributed by atoms with van der Waals surface area (Å²) < 4.78 is 5.83. The van der Waals surface area contributed by atoms with Crippen molar-refractivity contribution in [3.8, 4) is 0 Å². The number of amides is 2. The molecule has 5 nitrogen and oxygen atoms in total. The third kappa shape index (κ3) is 4.43. The molecule has 2 N–H and O–H groups in total. The van der Waals surface area contributed by atoms with Crippen LogP contribution in [0.4, 0.5) is 4.79 Å². The lowest BCUT2D eigenvalue weighted by atomic mass is 9.81. The van der Waals surface area contributed by atoms with Gasteiger partial charge in [0, 0.05) is 23.9 Å². The molecule has 1 aromatic rings. The zero-order chi connectivity index (χ0) is 16.3. The van der Waals surface area contributed by atoms with Gasteiger partial charge < -0.3 is 15.4 Å². The number of ether oxygens (including phenoxy) is 1. The third-order valence-corrected chi connectivity index (χ3v) is 5.07. The predicted molar refractivity (Wildman–Crippen MR) is 89.1 cm³/mol. The summed E-state index contributed by atoms with van der Waals surface area (Å²) in [6, 6.07) is -0.120. The summed E-state index contributed by atoms with van der Waals surface area (Å²) in [6.45, 7) is 12.5. The fourth-order valence-electron chi connectivity index (χ4n) is 2.98. The van der Waals surface area contributed by atoms with Gasteiger partial charge in [0.2, 0.25) is 0 Å². The van der Waals surface area contributed by atoms with Gasteiger partial charge in [-0.15, -0.1) is 11.3 Å². The Morgan fingerprint density at radius 3 is 2.68 bits per heavy atom. The molecule has 0 bridgehead atoms. The van der Waals surface area contributed by atoms with E-state index in [1.54, 1.807) is 11.3 Å². The number of thiazole rings is 1. The summed E-state index contributed by atoms with van der Waals surface area (Å²) in [7, 11) is 0. The van der Waals surface area contributed by atoms with E-state index >= 15 is 0 Å². The van der Waals surface area contributed by atoms with Crippen LogP contribution in [0.25, 0.3) is 0 Å². The number of aromatic nitrogens is 1. The molecule has 2 rings (SSSR count). The van der Waals surface area contributed by atoms with Crippen molar-refractivity contribution in [3.63, 3.8) is 0 Å². The van der Waals surface area contributed by atoms with Crippen LogP contribution >= 0.6 is 11.3 Å². The first kappa shape index (κ1) is 17.2. The monoisotopic (exact) mass is 325 g/mol. The van der Waals surface area contributed by atoms with Gasteiger partial charge in [-0.2, -0.15) is 0 Å². The minimum atomic E-state index is -0.120. The second kappa shape index (κ2) is 6.96. The third-order valence-electron chi connectivity index (χ3n) is 4.00. The van der Waals surface area contributed by atoms with E-state index in [0.29, 0.717) is 19.0 Å². The maximum absolute atomic E-state index is 12.0. The Bertz CT molecular complexity index is 522. The summed E-state index contributed by atoms with van der Waals surface area (Å²) in [6.07, 6.45) is 1.22. The van der Waals surface area contributed by atoms with Gasteiger partial charge in [-0.25, -0.2) is 9.78 Å². The minimum Gasteiger partial charge on any atom is -0.377 e. The number of nitrogens with one attached hydrogen (secondary N) is 2. The van der Waals surface area contributed by atoms with Crippen molar-refractivity contribution in [2.24, 2.45) is 11.3 Å². The van der Waals surface area contributed by atoms with Crippen LogP contribution in [0.5, 0.6) is 0 Å². The van der Waals surface area contributed by atoms with Crippen LogP contribution in [0, 0.1) is 25.2 Å². The molecular weight excluding hydrogens is 298 g/mol. The van der Waals surface area contributed by atoms with E-state index in [-0.39, 0.29) is 17.6 Å². The molecule has 1 saturated heterocycles. The zero-order valence-corrected chi connectivity index (χ0v) is 15.0. The second-order valence-electron chi connectivity index (χ2n) is 7.01. The maximum atomic E-state index is 12.0. The van der Waals surface area contributed by atoms with E-state index in [1.807, 2.05) is 13.8 Å². The maximum Gasteiger partial charge on any atom is 0.315 e. The fraction of sp³-hybridized carbons (Fsp3) is 0.750. The van der Waals surface area contributed by atoms with E-state index in [0.717, 1.165) is 28.6 Å². The summed E-state index contributed by atoms with van der Waals surface area (Å²) in [5.41, 5.74) is 1.11. The van der Waals surface area contributed by atoms with Crippen molar-refractivity contribution >= 4 is 17.4 Å². The normalized spacial score (nSPS) is 21.9. The molecule has 1 aliphatic rings. The van der Waals surface area contributed by atoms with Crippen LogP contribution < -0.4 is 10.6 Å². The number of aryl methyl sites for hydroxylation is 2. The number of carbonyl (C=O) groups excluding carboxylic acids is 1. The van der Waals surface area contributed by atoms with Gasteiger partial charge in [-0.1, -0.05) is 20.8 Å². The Kier molecular flexibility index (Phi) is 5.45. The summed E-state index contributed by atoms with van der Waals surface area (Å²) in [5.74, 6) is 0.387. The molecule has 6 heteroatoms. The number of hydrogen-bond donors (Lipinski definition) is 2. The van der Waals surface area contributed by atoms with Crippen LogP contribution in [0.2, 0.25) is 0 Å². The second-order valence-corrected chi connectivity index (χ2v) is 8.30. The Hall–Kier alpha value is -1.14. The smallest absolute Gasteiger partial charge is 0.315 e. The number of urea groups is 1. The molecule has 2 heterocycles. The SMILES string of the molecule is Cc1nc(C)c(CNC(=O)NC[C@H]2CCO[C@H]2C(C)(C)C)s1. The molecule has 22 heavy (non-hydrogen) atoms. The number of rotatable bonds is 4. The first-order chi connectivity index (χ1) is 10.3. The van der Waals surface area contributed by atoms with Gasteiger partial charge in [-0.3, -0.25) is 0 Å². The average molecular weight is 325 g/mol. The molecular formula is C16H27N3O2S. The van der Waals surface area contributed by atoms with Gasteiger partial charge in [0.05, 0.1) is 23.4 Å². The topological polar surface area (TPSA) is 63.2 Å². The molecule has 2 amide bonds. The molecule has 0 aromatic carbocycles. The molecule has 2 atom stereocenters. The minimum absolute atomic E-state index is 0.108. The van der Waals surface area contributed by atoms with Crippen LogP contribution in [-0.2, 0) is 11.3 Å². The Balaban J connectivity index is 1.77. The summed E-state index contributed by atoms with van der Waals surface area (Å²) >= 11 is 1.63. The first-order valence-electron chi connectivity index (χ1n) is 7.83. The zero-order valence-electron chi connectivity index (χ0n) is 14.2. The van der Waals surface area contributed by atoms with E-state index in [1.165, 1.54) is 0 Å². The Morgan fingerprint density at radius 1 is 1.36 bits per heavy atom. The van der Waals surface area contributed by atoms with Gasteiger partial charge in [0.1, 0.15) is 0 Å². The molecule has 0 aliphatic carbocycles. The summed E-state index contributed by atoms with van der Waals surface area (Å²) in [5, 5.41) is 6.92. The highest BCUT2D eigenvalue weighted by Gasteiger charge is 2.37. The lowest BCUT2D eigenvalue weighted by Gasteiger charge is -2.31. The largest absolute Gasteiger partial charge is 0.377 e. The quantitative estimate of drug-likeness (QED) is 0.894. The molecule has 124 valence electrons. The van der Waals surface area contributed by atoms with E-state index in [2.05, 4.69) is 36.4 Å². The molecule has 1 aliphatic heterocycles. The average Bonchev–Trinajstić information content (AvgIpc) is 3.00. The van der Waals surface area contributed by atoms with Crippen molar-refractivity contribution in [1.29, 1.82) is 0 Å². The Labute approximate surface area is 136 Å². The van der Waals surface area contributed by atoms with Crippen molar-refractivity contribution in [3.05, 3.63) is 15.6 Å². The van der Waals surface area contributed by atoms with Crippen molar-refractivity contribution < 1.29 is 9.53 Å². The highest BCUT2D eigenvalue weighted by Crippen LogP contribution is 2.34. The van der Waals surface area contributed by atoms with E-state index in [4.69, 9.17) is 4.74 Å². The van der Waals surface area contributed by atoms with Gasteiger partial charge in [0.15, 0.2) is 0 Å². The first-order valence-corrected chi connectivity index (χ1v) is 8.65. The Morgan fingerprint density at radius 2 is 2.09 bits per heavy atom. The fourth-order valence-corrected chi connectivity index (χ4v) is 3.86. The molecule has 1 fully saturated rings. The lowest BCUT2D eigenvalue weighted by molar-refractivity contribution is 0.00775. The van der Waals surface area contributed by atoms with Crippen LogP contribution in [0.15, 0.2) is 0 Å². The molecule has 0 spiro atoms. The van der Waals surface area contributed by atoms with Crippen molar-refractivity contribution in [2.45, 2.75) is 53.7 Å². The van der Waals surface area contributed by atoms with Crippen molar-refractivity contribution in [1.82, 2.24) is 15.6 Å². The van der Waals surface area contributed by atoms with Crippen LogP contribution in [-0.4, -0.2) is 30.3 Å². The van der Waals surface area contributed by atoms with E-state index < -0.39 is 0 Å². The predicted octanol–water partition coefficient (Wildman–Crippen LogP) is 3.01. The van der Waals surface area contributed by atoms with Gasteiger partial charge >= 0.3 is 6.03 Å². The molecule has 0 radical (unpaired) electrons. The van der Waals surface area contributed by atoms with Crippen LogP contribution in [0.1, 0.15) is 42.8 Å². The lowest BCUT2D eigenvalue weighted by Crippen LogP contribution is -2.42. The molecule has 0 unspecified atom stereocenters.